The zero-order valence-electron chi connectivity index (χ0n) is 17.6. The maximum absolute atomic E-state index is 13.2. The third-order valence-electron chi connectivity index (χ3n) is 5.45. The van der Waals surface area contributed by atoms with Crippen molar-refractivity contribution in [1.29, 1.82) is 0 Å². The van der Waals surface area contributed by atoms with Crippen LogP contribution in [0.4, 0.5) is 22.0 Å². The fraction of sp³-hybridized carbons (Fsp3) is 0.167. The maximum Gasteiger partial charge on any atom is 0.327 e. The van der Waals surface area contributed by atoms with Crippen molar-refractivity contribution >= 4 is 23.2 Å². The predicted molar refractivity (Wildman–Crippen MR) is 125 cm³/mol. The average molecular weight is 425 g/mol. The highest BCUT2D eigenvalue weighted by Gasteiger charge is 2.28. The first kappa shape index (κ1) is 19.7. The van der Waals surface area contributed by atoms with Crippen molar-refractivity contribution in [1.82, 2.24) is 19.7 Å². The standard InChI is InChI=1S/C24H23N7O/c1-17-11-13-26-22-10-9-21(18-14-27-30(16-18)20-7-3-2-4-8-20)29-23(22)31(17)24(32)28-19-6-5-12-25-15-19/h2-10,12,14-17,26H,11,13H2,1H3,(H,28,32)/t17-/m1/s1. The lowest BCUT2D eigenvalue weighted by atomic mass is 10.2. The Kier molecular flexibility index (Phi) is 5.25. The number of carbonyl (C=O) groups excluding carboxylic acids is 1. The summed E-state index contributed by atoms with van der Waals surface area (Å²) in [4.78, 5) is 23.9. The van der Waals surface area contributed by atoms with Gasteiger partial charge >= 0.3 is 6.03 Å². The molecule has 2 N–H and O–H groups in total. The second kappa shape index (κ2) is 8.50. The summed E-state index contributed by atoms with van der Waals surface area (Å²) in [5.41, 5.74) is 4.07. The Morgan fingerprint density at radius 1 is 1.09 bits per heavy atom. The lowest BCUT2D eigenvalue weighted by Gasteiger charge is -2.27. The summed E-state index contributed by atoms with van der Waals surface area (Å²) in [6.07, 6.45) is 7.83. The summed E-state index contributed by atoms with van der Waals surface area (Å²) in [5.74, 6) is 0.598. The number of amides is 2. The molecule has 0 saturated carbocycles. The SMILES string of the molecule is C[C@@H]1CCNc2ccc(-c3cnn(-c4ccccc4)c3)nc2N1C(=O)Nc1cccnc1. The molecule has 0 spiro atoms. The number of hydrogen-bond donors (Lipinski definition) is 2. The van der Waals surface area contributed by atoms with E-state index in [1.165, 1.54) is 0 Å². The third kappa shape index (κ3) is 3.90. The number of pyridine rings is 2. The van der Waals surface area contributed by atoms with Crippen molar-refractivity contribution < 1.29 is 4.79 Å². The number of rotatable bonds is 3. The Morgan fingerprint density at radius 2 is 1.97 bits per heavy atom. The Bertz CT molecular complexity index is 1220. The van der Waals surface area contributed by atoms with Crippen LogP contribution in [0, 0.1) is 0 Å². The highest BCUT2D eigenvalue weighted by atomic mass is 16.2. The molecule has 8 heteroatoms. The number of para-hydroxylation sites is 1. The molecule has 1 atom stereocenters. The highest BCUT2D eigenvalue weighted by Crippen LogP contribution is 2.32. The second-order valence-electron chi connectivity index (χ2n) is 7.68. The van der Waals surface area contributed by atoms with E-state index in [0.29, 0.717) is 11.5 Å². The predicted octanol–water partition coefficient (Wildman–Crippen LogP) is 4.57. The lowest BCUT2D eigenvalue weighted by molar-refractivity contribution is 0.255. The van der Waals surface area contributed by atoms with Crippen LogP contribution in [0.2, 0.25) is 0 Å². The van der Waals surface area contributed by atoms with Crippen molar-refractivity contribution in [3.63, 3.8) is 0 Å². The highest BCUT2D eigenvalue weighted by molar-refractivity contribution is 6.03. The molecule has 5 rings (SSSR count). The molecule has 0 aliphatic carbocycles. The van der Waals surface area contributed by atoms with Crippen LogP contribution in [0.15, 0.2) is 79.4 Å². The Morgan fingerprint density at radius 3 is 2.78 bits per heavy atom. The van der Waals surface area contributed by atoms with E-state index in [0.717, 1.165) is 35.6 Å². The van der Waals surface area contributed by atoms with E-state index in [2.05, 4.69) is 20.7 Å². The fourth-order valence-corrected chi connectivity index (χ4v) is 3.78. The van der Waals surface area contributed by atoms with Crippen LogP contribution in [0.5, 0.6) is 0 Å². The zero-order chi connectivity index (χ0) is 21.9. The van der Waals surface area contributed by atoms with E-state index in [1.54, 1.807) is 29.6 Å². The topological polar surface area (TPSA) is 88.0 Å². The Labute approximate surface area is 185 Å². The van der Waals surface area contributed by atoms with Crippen LogP contribution in [-0.2, 0) is 0 Å². The number of benzene rings is 1. The van der Waals surface area contributed by atoms with Crippen molar-refractivity contribution in [2.45, 2.75) is 19.4 Å². The van der Waals surface area contributed by atoms with E-state index in [-0.39, 0.29) is 12.1 Å². The molecule has 160 valence electrons. The van der Waals surface area contributed by atoms with Gasteiger partial charge in [-0.1, -0.05) is 18.2 Å². The first-order valence-electron chi connectivity index (χ1n) is 10.5. The van der Waals surface area contributed by atoms with E-state index >= 15 is 0 Å². The molecular formula is C24H23N7O. The molecule has 0 radical (unpaired) electrons. The molecule has 3 aromatic heterocycles. The van der Waals surface area contributed by atoms with E-state index < -0.39 is 0 Å². The lowest BCUT2D eigenvalue weighted by Crippen LogP contribution is -2.42. The van der Waals surface area contributed by atoms with Crippen molar-refractivity contribution in [2.24, 2.45) is 0 Å². The number of fused-ring (bicyclic) bond motifs is 1. The van der Waals surface area contributed by atoms with Gasteiger partial charge in [0.15, 0.2) is 5.82 Å². The molecule has 0 unspecified atom stereocenters. The molecule has 2 amide bonds. The summed E-state index contributed by atoms with van der Waals surface area (Å²) in [7, 11) is 0. The fourth-order valence-electron chi connectivity index (χ4n) is 3.78. The zero-order valence-corrected chi connectivity index (χ0v) is 17.6. The van der Waals surface area contributed by atoms with Gasteiger partial charge in [0, 0.05) is 30.5 Å². The molecule has 8 nitrogen and oxygen atoms in total. The third-order valence-corrected chi connectivity index (χ3v) is 5.45. The van der Waals surface area contributed by atoms with E-state index in [9.17, 15) is 4.79 Å². The summed E-state index contributed by atoms with van der Waals surface area (Å²) in [5, 5.41) is 10.8. The van der Waals surface area contributed by atoms with E-state index in [1.807, 2.05) is 66.3 Å². The average Bonchev–Trinajstić information content (AvgIpc) is 3.25. The van der Waals surface area contributed by atoms with Crippen molar-refractivity contribution in [3.8, 4) is 16.9 Å². The maximum atomic E-state index is 13.2. The number of urea groups is 1. The van der Waals surface area contributed by atoms with Gasteiger partial charge in [-0.25, -0.2) is 14.5 Å². The number of anilines is 3. The number of aromatic nitrogens is 4. The van der Waals surface area contributed by atoms with Crippen LogP contribution >= 0.6 is 0 Å². The number of nitrogens with one attached hydrogen (secondary N) is 2. The van der Waals surface area contributed by atoms with Gasteiger partial charge in [-0.2, -0.15) is 5.10 Å². The molecule has 32 heavy (non-hydrogen) atoms. The van der Waals surface area contributed by atoms with Crippen LogP contribution < -0.4 is 15.5 Å². The van der Waals surface area contributed by atoms with Gasteiger partial charge in [-0.15, -0.1) is 0 Å². The normalized spacial score (nSPS) is 15.4. The van der Waals surface area contributed by atoms with Crippen LogP contribution in [0.25, 0.3) is 16.9 Å². The smallest absolute Gasteiger partial charge is 0.327 e. The second-order valence-corrected chi connectivity index (χ2v) is 7.68. The molecule has 0 fully saturated rings. The summed E-state index contributed by atoms with van der Waals surface area (Å²) >= 11 is 0. The first-order chi connectivity index (χ1) is 15.7. The summed E-state index contributed by atoms with van der Waals surface area (Å²) in [6.45, 7) is 2.79. The first-order valence-corrected chi connectivity index (χ1v) is 10.5. The van der Waals surface area contributed by atoms with Crippen LogP contribution in [-0.4, -0.2) is 38.4 Å². The molecule has 0 saturated heterocycles. The van der Waals surface area contributed by atoms with Gasteiger partial charge in [0.05, 0.1) is 35.1 Å². The van der Waals surface area contributed by atoms with Gasteiger partial charge in [0.25, 0.3) is 0 Å². The molecule has 4 heterocycles. The minimum atomic E-state index is -0.236. The number of carbonyl (C=O) groups is 1. The summed E-state index contributed by atoms with van der Waals surface area (Å²) < 4.78 is 1.82. The monoisotopic (exact) mass is 425 g/mol. The molecule has 0 bridgehead atoms. The Balaban J connectivity index is 1.49. The van der Waals surface area contributed by atoms with Gasteiger partial charge in [-0.3, -0.25) is 9.88 Å². The van der Waals surface area contributed by atoms with Gasteiger partial charge in [0.1, 0.15) is 0 Å². The van der Waals surface area contributed by atoms with Crippen LogP contribution in [0.3, 0.4) is 0 Å². The van der Waals surface area contributed by atoms with E-state index in [4.69, 9.17) is 4.98 Å². The molecule has 1 aliphatic heterocycles. The minimum Gasteiger partial charge on any atom is -0.382 e. The Hall–Kier alpha value is -4.20. The quantitative estimate of drug-likeness (QED) is 0.502. The van der Waals surface area contributed by atoms with Crippen molar-refractivity contribution in [2.75, 3.05) is 22.1 Å². The molecule has 1 aromatic carbocycles. The minimum absolute atomic E-state index is 0.0322. The van der Waals surface area contributed by atoms with Crippen LogP contribution in [0.1, 0.15) is 13.3 Å². The van der Waals surface area contributed by atoms with Crippen molar-refractivity contribution in [3.05, 3.63) is 79.4 Å². The number of nitrogens with zero attached hydrogens (tertiary/aromatic N) is 5. The molecule has 1 aliphatic rings. The summed E-state index contributed by atoms with van der Waals surface area (Å²) in [6, 6.07) is 17.2. The van der Waals surface area contributed by atoms with Gasteiger partial charge in [0.2, 0.25) is 0 Å². The largest absolute Gasteiger partial charge is 0.382 e. The number of hydrogen-bond acceptors (Lipinski definition) is 5. The van der Waals surface area contributed by atoms with Gasteiger partial charge in [-0.05, 0) is 49.7 Å². The van der Waals surface area contributed by atoms with Gasteiger partial charge < -0.3 is 10.6 Å². The molecule has 4 aromatic rings. The molecular weight excluding hydrogens is 402 g/mol.